The van der Waals surface area contributed by atoms with Gasteiger partial charge in [-0.25, -0.2) is 0 Å². The summed E-state index contributed by atoms with van der Waals surface area (Å²) in [6, 6.07) is 0. The van der Waals surface area contributed by atoms with Gasteiger partial charge in [-0.05, 0) is 47.2 Å². The molecule has 0 radical (unpaired) electrons. The molecule has 0 aromatic heterocycles. The van der Waals surface area contributed by atoms with Crippen molar-refractivity contribution in [1.82, 2.24) is 11.0 Å². The first kappa shape index (κ1) is 16.0. The fourth-order valence-corrected chi connectivity index (χ4v) is 1.44. The van der Waals surface area contributed by atoms with Crippen LogP contribution in [0.3, 0.4) is 0 Å². The van der Waals surface area contributed by atoms with Crippen LogP contribution in [0.4, 0.5) is 0 Å². The fraction of sp³-hybridized carbons (Fsp3) is 0.500. The lowest BCUT2D eigenvalue weighted by atomic mass is 10.3. The van der Waals surface area contributed by atoms with Gasteiger partial charge in [0.15, 0.2) is 0 Å². The van der Waals surface area contributed by atoms with E-state index < -0.39 is 9.28 Å². The molecular weight excluding hydrogens is 232 g/mol. The molecule has 0 aromatic rings. The monoisotopic (exact) mass is 256 g/mol. The molecule has 0 fully saturated rings. The summed E-state index contributed by atoms with van der Waals surface area (Å²) in [5.74, 6) is 0. The van der Waals surface area contributed by atoms with Crippen LogP contribution in [0.1, 0.15) is 41.5 Å². The average Bonchev–Trinajstić information content (AvgIpc) is 2.28. The molecule has 0 aliphatic rings. The largest absolute Gasteiger partial charge is 0.399 e. The Morgan fingerprint density at radius 1 is 0.882 bits per heavy atom. The first-order valence-corrected chi connectivity index (χ1v) is 7.23. The molecule has 17 heavy (non-hydrogen) atoms. The first-order valence-electron chi connectivity index (χ1n) is 5.62. The fourth-order valence-electron chi connectivity index (χ4n) is 0.617. The van der Waals surface area contributed by atoms with Gasteiger partial charge in [-0.1, -0.05) is 11.1 Å². The highest BCUT2D eigenvalue weighted by Gasteiger charge is 2.10. The van der Waals surface area contributed by atoms with Gasteiger partial charge in [-0.3, -0.25) is 20.0 Å². The molecular formula is C12H24N2O2Si. The zero-order valence-electron chi connectivity index (χ0n) is 11.7. The highest BCUT2D eigenvalue weighted by Crippen LogP contribution is 2.00. The first-order chi connectivity index (χ1) is 7.88. The molecule has 0 aliphatic carbocycles. The number of hydrogen-bond acceptors (Lipinski definition) is 4. The Bertz CT molecular complexity index is 288. The molecule has 5 heteroatoms. The van der Waals surface area contributed by atoms with E-state index >= 15 is 0 Å². The van der Waals surface area contributed by atoms with Crippen molar-refractivity contribution in [3.63, 3.8) is 0 Å². The summed E-state index contributed by atoms with van der Waals surface area (Å²) in [6.07, 6.45) is 0. The van der Waals surface area contributed by atoms with Crippen LogP contribution in [0.2, 0.25) is 0 Å². The van der Waals surface area contributed by atoms with Crippen molar-refractivity contribution < 1.29 is 9.05 Å². The van der Waals surface area contributed by atoms with E-state index in [0.29, 0.717) is 0 Å². The summed E-state index contributed by atoms with van der Waals surface area (Å²) in [7, 11) is -1.93. The normalized spacial score (nSPS) is 9.82. The van der Waals surface area contributed by atoms with Crippen LogP contribution in [0.15, 0.2) is 34.8 Å². The van der Waals surface area contributed by atoms with Gasteiger partial charge in [0.1, 0.15) is 0 Å². The number of nitrogens with one attached hydrogen (secondary N) is 2. The Kier molecular flexibility index (Phi) is 7.61. The standard InChI is InChI=1S/C12H24N2O2Si/c1-8-17(15-13-11(6)9(2)3)16-14-12(7)10(4)5/h8,13-14,17H,1H2,2-7H3. The second-order valence-corrected chi connectivity index (χ2v) is 5.97. The maximum atomic E-state index is 5.45. The molecule has 0 amide bonds. The van der Waals surface area contributed by atoms with E-state index in [-0.39, 0.29) is 0 Å². The number of allylic oxidation sites excluding steroid dienone is 4. The van der Waals surface area contributed by atoms with Gasteiger partial charge in [-0.2, -0.15) is 0 Å². The van der Waals surface area contributed by atoms with Crippen LogP contribution in [0.25, 0.3) is 0 Å². The van der Waals surface area contributed by atoms with E-state index in [1.807, 2.05) is 41.5 Å². The van der Waals surface area contributed by atoms with Crippen LogP contribution in [-0.2, 0) is 9.05 Å². The predicted molar refractivity (Wildman–Crippen MR) is 73.9 cm³/mol. The molecule has 0 bridgehead atoms. The minimum atomic E-state index is -1.93. The molecule has 0 spiro atoms. The summed E-state index contributed by atoms with van der Waals surface area (Å²) in [5, 5.41) is 0. The van der Waals surface area contributed by atoms with Gasteiger partial charge in [0.05, 0.1) is 0 Å². The van der Waals surface area contributed by atoms with Crippen LogP contribution < -0.4 is 11.0 Å². The lowest BCUT2D eigenvalue weighted by Crippen LogP contribution is -2.33. The Hall–Kier alpha value is -1.04. The van der Waals surface area contributed by atoms with E-state index in [0.717, 1.165) is 11.4 Å². The van der Waals surface area contributed by atoms with Gasteiger partial charge < -0.3 is 0 Å². The second-order valence-electron chi connectivity index (χ2n) is 4.29. The van der Waals surface area contributed by atoms with Crippen LogP contribution in [-0.4, -0.2) is 9.28 Å². The Balaban J connectivity index is 4.15. The Morgan fingerprint density at radius 2 is 1.24 bits per heavy atom. The summed E-state index contributed by atoms with van der Waals surface area (Å²) >= 11 is 0. The molecule has 4 nitrogen and oxygen atoms in total. The highest BCUT2D eigenvalue weighted by molar-refractivity contribution is 6.50. The SMILES string of the molecule is C=C[SiH](ONC(C)=C(C)C)ONC(C)=C(C)C. The molecule has 0 aromatic carbocycles. The maximum Gasteiger partial charge on any atom is 0.399 e. The zero-order chi connectivity index (χ0) is 13.4. The second kappa shape index (κ2) is 8.11. The van der Waals surface area contributed by atoms with E-state index in [1.54, 1.807) is 5.70 Å². The van der Waals surface area contributed by atoms with Crippen molar-refractivity contribution in [2.75, 3.05) is 0 Å². The van der Waals surface area contributed by atoms with E-state index in [9.17, 15) is 0 Å². The van der Waals surface area contributed by atoms with Crippen molar-refractivity contribution in [3.05, 3.63) is 34.8 Å². The predicted octanol–water partition coefficient (Wildman–Crippen LogP) is 2.60. The van der Waals surface area contributed by atoms with Gasteiger partial charge >= 0.3 is 9.28 Å². The quantitative estimate of drug-likeness (QED) is 0.543. The number of hydrogen-bond donors (Lipinski definition) is 2. The molecule has 0 heterocycles. The van der Waals surface area contributed by atoms with Crippen molar-refractivity contribution in [2.24, 2.45) is 0 Å². The number of hydroxylamine groups is 2. The maximum absolute atomic E-state index is 5.45. The van der Waals surface area contributed by atoms with Crippen molar-refractivity contribution >= 4 is 9.28 Å². The minimum Gasteiger partial charge on any atom is -0.285 e. The van der Waals surface area contributed by atoms with Gasteiger partial charge in [0.25, 0.3) is 0 Å². The summed E-state index contributed by atoms with van der Waals surface area (Å²) in [5.41, 5.74) is 11.8. The van der Waals surface area contributed by atoms with Crippen molar-refractivity contribution in [1.29, 1.82) is 0 Å². The van der Waals surface area contributed by atoms with Crippen LogP contribution >= 0.6 is 0 Å². The molecule has 0 aliphatic heterocycles. The minimum absolute atomic E-state index is 0.992. The molecule has 2 N–H and O–H groups in total. The van der Waals surface area contributed by atoms with Gasteiger partial charge in [0, 0.05) is 11.4 Å². The van der Waals surface area contributed by atoms with E-state index in [4.69, 9.17) is 9.05 Å². The van der Waals surface area contributed by atoms with Gasteiger partial charge in [-0.15, -0.1) is 6.58 Å². The summed E-state index contributed by atoms with van der Waals surface area (Å²) in [4.78, 5) is 0. The molecule has 98 valence electrons. The van der Waals surface area contributed by atoms with E-state index in [2.05, 4.69) is 17.5 Å². The molecule has 0 unspecified atom stereocenters. The highest BCUT2D eigenvalue weighted by atomic mass is 28.3. The third-order valence-corrected chi connectivity index (χ3v) is 3.43. The molecule has 0 atom stereocenters. The summed E-state index contributed by atoms with van der Waals surface area (Å²) in [6.45, 7) is 15.7. The number of rotatable bonds is 7. The zero-order valence-corrected chi connectivity index (χ0v) is 12.8. The lowest BCUT2D eigenvalue weighted by Gasteiger charge is -2.16. The lowest BCUT2D eigenvalue weighted by molar-refractivity contribution is 0.120. The van der Waals surface area contributed by atoms with Crippen molar-refractivity contribution in [3.8, 4) is 0 Å². The Morgan fingerprint density at radius 3 is 1.47 bits per heavy atom. The van der Waals surface area contributed by atoms with Crippen LogP contribution in [0, 0.1) is 0 Å². The molecule has 0 rings (SSSR count). The van der Waals surface area contributed by atoms with Gasteiger partial charge in [0.2, 0.25) is 0 Å². The topological polar surface area (TPSA) is 42.5 Å². The average molecular weight is 256 g/mol. The van der Waals surface area contributed by atoms with Crippen LogP contribution in [0.5, 0.6) is 0 Å². The summed E-state index contributed by atoms with van der Waals surface area (Å²) < 4.78 is 10.9. The Labute approximate surface area is 106 Å². The third-order valence-electron chi connectivity index (χ3n) is 2.35. The van der Waals surface area contributed by atoms with E-state index in [1.165, 1.54) is 11.1 Å². The molecule has 0 saturated carbocycles. The molecule has 0 saturated heterocycles. The smallest absolute Gasteiger partial charge is 0.285 e. The third kappa shape index (κ3) is 6.99. The van der Waals surface area contributed by atoms with Crippen molar-refractivity contribution in [2.45, 2.75) is 41.5 Å².